The van der Waals surface area contributed by atoms with Crippen LogP contribution in [-0.4, -0.2) is 33.8 Å². The number of likely N-dealkylation sites (N-methyl/N-ethyl adjacent to an activating group) is 1. The molecule has 0 unspecified atom stereocenters. The lowest BCUT2D eigenvalue weighted by molar-refractivity contribution is -0.117. The molecule has 0 radical (unpaired) electrons. The molecule has 7 nitrogen and oxygen atoms in total. The summed E-state index contributed by atoms with van der Waals surface area (Å²) >= 11 is 0. The predicted octanol–water partition coefficient (Wildman–Crippen LogP) is 1.26. The van der Waals surface area contributed by atoms with Crippen LogP contribution in [0, 0.1) is 5.82 Å². The van der Waals surface area contributed by atoms with Crippen molar-refractivity contribution in [2.75, 3.05) is 23.8 Å². The van der Waals surface area contributed by atoms with Gasteiger partial charge in [0.05, 0.1) is 17.9 Å². The summed E-state index contributed by atoms with van der Waals surface area (Å²) in [7, 11) is -2.29. The highest BCUT2D eigenvalue weighted by Crippen LogP contribution is 2.29. The van der Waals surface area contributed by atoms with E-state index in [-0.39, 0.29) is 17.2 Å². The molecule has 0 spiro atoms. The minimum atomic E-state index is -3.91. The Morgan fingerprint density at radius 1 is 1.19 bits per heavy atom. The number of nitrogens with zero attached hydrogens (tertiary/aromatic N) is 1. The molecule has 0 saturated carbocycles. The van der Waals surface area contributed by atoms with Gasteiger partial charge in [-0.25, -0.2) is 17.5 Å². The third kappa shape index (κ3) is 3.73. The molecule has 0 aromatic heterocycles. The Morgan fingerprint density at radius 3 is 2.58 bits per heavy atom. The monoisotopic (exact) mass is 377 g/mol. The van der Waals surface area contributed by atoms with E-state index in [1.54, 1.807) is 13.1 Å². The number of nitrogens with one attached hydrogen (secondary N) is 2. The van der Waals surface area contributed by atoms with Crippen LogP contribution < -0.4 is 14.9 Å². The van der Waals surface area contributed by atoms with Crippen molar-refractivity contribution < 1.29 is 22.4 Å². The molecule has 136 valence electrons. The molecule has 1 aliphatic heterocycles. The molecular formula is C17H16FN3O4S. The molecular weight excluding hydrogens is 361 g/mol. The molecule has 0 atom stereocenters. The third-order valence-corrected chi connectivity index (χ3v) is 5.39. The lowest BCUT2D eigenvalue weighted by atomic mass is 10.2. The molecule has 2 N–H and O–H groups in total. The zero-order valence-electron chi connectivity index (χ0n) is 13.8. The van der Waals surface area contributed by atoms with Crippen LogP contribution >= 0.6 is 0 Å². The Labute approximate surface area is 149 Å². The van der Waals surface area contributed by atoms with Crippen LogP contribution in [0.5, 0.6) is 0 Å². The van der Waals surface area contributed by atoms with E-state index in [4.69, 9.17) is 0 Å². The van der Waals surface area contributed by atoms with Gasteiger partial charge in [-0.1, -0.05) is 0 Å². The highest BCUT2D eigenvalue weighted by molar-refractivity contribution is 7.89. The van der Waals surface area contributed by atoms with Gasteiger partial charge in [0.15, 0.2) is 0 Å². The zero-order chi connectivity index (χ0) is 18.9. The van der Waals surface area contributed by atoms with E-state index in [9.17, 15) is 22.4 Å². The van der Waals surface area contributed by atoms with Crippen molar-refractivity contribution in [2.24, 2.45) is 0 Å². The maximum absolute atomic E-state index is 12.8. The van der Waals surface area contributed by atoms with Gasteiger partial charge in [-0.15, -0.1) is 0 Å². The van der Waals surface area contributed by atoms with E-state index in [2.05, 4.69) is 10.0 Å². The van der Waals surface area contributed by atoms with Crippen molar-refractivity contribution in [2.45, 2.75) is 11.3 Å². The number of amides is 2. The predicted molar refractivity (Wildman–Crippen MR) is 93.8 cm³/mol. The molecule has 9 heteroatoms. The van der Waals surface area contributed by atoms with Crippen LogP contribution in [-0.2, 0) is 26.0 Å². The molecule has 0 fully saturated rings. The quantitative estimate of drug-likeness (QED) is 0.820. The van der Waals surface area contributed by atoms with Crippen molar-refractivity contribution >= 4 is 33.2 Å². The average molecular weight is 377 g/mol. The summed E-state index contributed by atoms with van der Waals surface area (Å²) in [6, 6.07) is 9.48. The maximum Gasteiger partial charge on any atom is 0.241 e. The Balaban J connectivity index is 1.66. The fourth-order valence-electron chi connectivity index (χ4n) is 2.60. The summed E-state index contributed by atoms with van der Waals surface area (Å²) in [4.78, 5) is 25.0. The van der Waals surface area contributed by atoms with E-state index in [1.165, 1.54) is 41.3 Å². The Morgan fingerprint density at radius 2 is 1.88 bits per heavy atom. The Kier molecular flexibility index (Phi) is 4.75. The minimum absolute atomic E-state index is 0.0195. The first-order valence-corrected chi connectivity index (χ1v) is 9.19. The standard InChI is InChI=1S/C17H16FN3O4S/c1-21-15-7-6-14(8-11(15)9-17(21)23)26(24,25)19-10-16(22)20-13-4-2-12(18)3-5-13/h2-8,19H,9-10H2,1H3,(H,20,22). The van der Waals surface area contributed by atoms with Gasteiger partial charge in [-0.05, 0) is 48.0 Å². The van der Waals surface area contributed by atoms with Crippen LogP contribution in [0.3, 0.4) is 0 Å². The van der Waals surface area contributed by atoms with Crippen molar-refractivity contribution in [3.63, 3.8) is 0 Å². The van der Waals surface area contributed by atoms with E-state index in [0.29, 0.717) is 16.9 Å². The van der Waals surface area contributed by atoms with Gasteiger partial charge >= 0.3 is 0 Å². The smallest absolute Gasteiger partial charge is 0.241 e. The molecule has 0 aliphatic carbocycles. The maximum atomic E-state index is 12.8. The van der Waals surface area contributed by atoms with Crippen LogP contribution in [0.25, 0.3) is 0 Å². The molecule has 26 heavy (non-hydrogen) atoms. The number of hydrogen-bond donors (Lipinski definition) is 2. The van der Waals surface area contributed by atoms with Crippen LogP contribution in [0.15, 0.2) is 47.4 Å². The van der Waals surface area contributed by atoms with Crippen molar-refractivity contribution in [1.82, 2.24) is 4.72 Å². The van der Waals surface area contributed by atoms with Gasteiger partial charge in [0.25, 0.3) is 0 Å². The lowest BCUT2D eigenvalue weighted by Crippen LogP contribution is -2.33. The number of sulfonamides is 1. The minimum Gasteiger partial charge on any atom is -0.325 e. The highest BCUT2D eigenvalue weighted by Gasteiger charge is 2.26. The Bertz CT molecular complexity index is 974. The first kappa shape index (κ1) is 18.0. The summed E-state index contributed by atoms with van der Waals surface area (Å²) < 4.78 is 39.8. The molecule has 2 amide bonds. The topological polar surface area (TPSA) is 95.6 Å². The first-order chi connectivity index (χ1) is 12.3. The summed E-state index contributed by atoms with van der Waals surface area (Å²) in [5.74, 6) is -1.14. The second-order valence-corrected chi connectivity index (χ2v) is 7.57. The average Bonchev–Trinajstić information content (AvgIpc) is 2.89. The molecule has 3 rings (SSSR count). The van der Waals surface area contributed by atoms with Gasteiger partial charge in [0.2, 0.25) is 21.8 Å². The highest BCUT2D eigenvalue weighted by atomic mass is 32.2. The third-order valence-electron chi connectivity index (χ3n) is 3.99. The number of halogens is 1. The largest absolute Gasteiger partial charge is 0.325 e. The number of carbonyl (C=O) groups excluding carboxylic acids is 2. The summed E-state index contributed by atoms with van der Waals surface area (Å²) in [6.07, 6.45) is 0.139. The molecule has 0 bridgehead atoms. The van der Waals surface area contributed by atoms with Crippen molar-refractivity contribution in [3.8, 4) is 0 Å². The van der Waals surface area contributed by atoms with E-state index < -0.39 is 28.3 Å². The molecule has 0 saturated heterocycles. The number of carbonyl (C=O) groups is 2. The van der Waals surface area contributed by atoms with Gasteiger partial charge in [0.1, 0.15) is 5.82 Å². The summed E-state index contributed by atoms with van der Waals surface area (Å²) in [5.41, 5.74) is 1.65. The molecule has 1 heterocycles. The molecule has 2 aromatic rings. The SMILES string of the molecule is CN1C(=O)Cc2cc(S(=O)(=O)NCC(=O)Nc3ccc(F)cc3)ccc21. The second kappa shape index (κ2) is 6.85. The fraction of sp³-hybridized carbons (Fsp3) is 0.176. The summed E-state index contributed by atoms with van der Waals surface area (Å²) in [6.45, 7) is -0.477. The normalized spacial score (nSPS) is 13.6. The van der Waals surface area contributed by atoms with Crippen LogP contribution in [0.1, 0.15) is 5.56 Å². The van der Waals surface area contributed by atoms with Gasteiger partial charge in [0, 0.05) is 18.4 Å². The fourth-order valence-corrected chi connectivity index (χ4v) is 3.63. The molecule has 2 aromatic carbocycles. The lowest BCUT2D eigenvalue weighted by Gasteiger charge is -2.11. The number of hydrogen-bond acceptors (Lipinski definition) is 4. The zero-order valence-corrected chi connectivity index (χ0v) is 14.6. The number of fused-ring (bicyclic) bond motifs is 1. The molecule has 1 aliphatic rings. The van der Waals surface area contributed by atoms with Gasteiger partial charge in [-0.3, -0.25) is 9.59 Å². The number of benzene rings is 2. The van der Waals surface area contributed by atoms with Crippen LogP contribution in [0.4, 0.5) is 15.8 Å². The van der Waals surface area contributed by atoms with E-state index >= 15 is 0 Å². The number of rotatable bonds is 5. The van der Waals surface area contributed by atoms with Crippen molar-refractivity contribution in [3.05, 3.63) is 53.8 Å². The first-order valence-electron chi connectivity index (χ1n) is 7.71. The van der Waals surface area contributed by atoms with Gasteiger partial charge < -0.3 is 10.2 Å². The van der Waals surface area contributed by atoms with Gasteiger partial charge in [-0.2, -0.15) is 0 Å². The van der Waals surface area contributed by atoms with E-state index in [1.807, 2.05) is 0 Å². The second-order valence-electron chi connectivity index (χ2n) is 5.80. The Hall–Kier alpha value is -2.78. The number of anilines is 2. The van der Waals surface area contributed by atoms with E-state index in [0.717, 1.165) is 0 Å². The summed E-state index contributed by atoms with van der Waals surface area (Å²) in [5, 5.41) is 2.46. The van der Waals surface area contributed by atoms with Crippen molar-refractivity contribution in [1.29, 1.82) is 0 Å². The van der Waals surface area contributed by atoms with Crippen LogP contribution in [0.2, 0.25) is 0 Å².